The van der Waals surface area contributed by atoms with E-state index in [4.69, 9.17) is 16.7 Å². The largest absolute Gasteiger partial charge is 0.392 e. The lowest BCUT2D eigenvalue weighted by molar-refractivity contribution is 0.282. The van der Waals surface area contributed by atoms with Crippen molar-refractivity contribution < 1.29 is 5.11 Å². The van der Waals surface area contributed by atoms with Crippen molar-refractivity contribution in [2.24, 2.45) is 0 Å². The average molecular weight is 236 g/mol. The van der Waals surface area contributed by atoms with E-state index >= 15 is 0 Å². The first-order valence-corrected chi connectivity index (χ1v) is 4.37. The van der Waals surface area contributed by atoms with Crippen LogP contribution in [0.2, 0.25) is 5.02 Å². The molecule has 0 radical (unpaired) electrons. The molecule has 1 rings (SSSR count). The zero-order valence-electron chi connectivity index (χ0n) is 6.06. The van der Waals surface area contributed by atoms with Crippen molar-refractivity contribution in [2.75, 3.05) is 0 Å². The van der Waals surface area contributed by atoms with E-state index in [-0.39, 0.29) is 6.61 Å². The van der Waals surface area contributed by atoms with Crippen LogP contribution in [0.25, 0.3) is 0 Å². The Morgan fingerprint density at radius 1 is 1.55 bits per heavy atom. The van der Waals surface area contributed by atoms with Gasteiger partial charge in [0.1, 0.15) is 0 Å². The quantitative estimate of drug-likeness (QED) is 0.793. The minimum absolute atomic E-state index is 0.00699. The molecule has 0 fully saturated rings. The Morgan fingerprint density at radius 3 is 2.73 bits per heavy atom. The van der Waals surface area contributed by atoms with Crippen LogP contribution in [0.15, 0.2) is 16.6 Å². The molecule has 0 unspecified atom stereocenters. The molecule has 0 aliphatic carbocycles. The van der Waals surface area contributed by atoms with Gasteiger partial charge in [-0.25, -0.2) is 0 Å². The SMILES string of the molecule is Cc1cc(CO)c(Cl)cc1Br. The van der Waals surface area contributed by atoms with E-state index in [0.29, 0.717) is 5.02 Å². The predicted molar refractivity (Wildman–Crippen MR) is 49.8 cm³/mol. The fourth-order valence-corrected chi connectivity index (χ4v) is 1.54. The van der Waals surface area contributed by atoms with E-state index in [1.807, 2.05) is 13.0 Å². The van der Waals surface area contributed by atoms with E-state index < -0.39 is 0 Å². The Labute approximate surface area is 79.1 Å². The van der Waals surface area contributed by atoms with Gasteiger partial charge in [-0.05, 0) is 24.1 Å². The van der Waals surface area contributed by atoms with Crippen LogP contribution in [0.4, 0.5) is 0 Å². The van der Waals surface area contributed by atoms with Crippen molar-refractivity contribution >= 4 is 27.5 Å². The van der Waals surface area contributed by atoms with Crippen molar-refractivity contribution in [1.29, 1.82) is 0 Å². The molecule has 0 aromatic heterocycles. The van der Waals surface area contributed by atoms with Crippen LogP contribution in [0, 0.1) is 6.92 Å². The standard InChI is InChI=1S/C8H8BrClO/c1-5-2-6(4-11)8(10)3-7(5)9/h2-3,11H,4H2,1H3. The first kappa shape index (κ1) is 9.04. The lowest BCUT2D eigenvalue weighted by Crippen LogP contribution is -1.87. The molecule has 0 bridgehead atoms. The molecule has 0 saturated carbocycles. The minimum Gasteiger partial charge on any atom is -0.392 e. The topological polar surface area (TPSA) is 20.2 Å². The maximum absolute atomic E-state index is 8.83. The van der Waals surface area contributed by atoms with Crippen LogP contribution < -0.4 is 0 Å². The van der Waals surface area contributed by atoms with Crippen LogP contribution in [0.5, 0.6) is 0 Å². The fraction of sp³-hybridized carbons (Fsp3) is 0.250. The molecule has 1 aromatic rings. The summed E-state index contributed by atoms with van der Waals surface area (Å²) in [4.78, 5) is 0. The highest BCUT2D eigenvalue weighted by Gasteiger charge is 2.01. The second-order valence-corrected chi connectivity index (χ2v) is 3.61. The van der Waals surface area contributed by atoms with Gasteiger partial charge in [0.2, 0.25) is 0 Å². The summed E-state index contributed by atoms with van der Waals surface area (Å²) in [5.74, 6) is 0. The number of halogens is 2. The van der Waals surface area contributed by atoms with Gasteiger partial charge in [0.15, 0.2) is 0 Å². The van der Waals surface area contributed by atoms with Gasteiger partial charge in [-0.15, -0.1) is 0 Å². The summed E-state index contributed by atoms with van der Waals surface area (Å²) in [5.41, 5.74) is 1.85. The van der Waals surface area contributed by atoms with Crippen LogP contribution >= 0.6 is 27.5 Å². The van der Waals surface area contributed by atoms with E-state index in [2.05, 4.69) is 15.9 Å². The van der Waals surface area contributed by atoms with Gasteiger partial charge in [0.25, 0.3) is 0 Å². The number of aliphatic hydroxyl groups excluding tert-OH is 1. The van der Waals surface area contributed by atoms with Gasteiger partial charge in [-0.1, -0.05) is 33.6 Å². The number of benzene rings is 1. The first-order valence-electron chi connectivity index (χ1n) is 3.20. The lowest BCUT2D eigenvalue weighted by atomic mass is 10.1. The second-order valence-electron chi connectivity index (χ2n) is 2.35. The molecule has 1 aromatic carbocycles. The van der Waals surface area contributed by atoms with Gasteiger partial charge in [0.05, 0.1) is 6.61 Å². The highest BCUT2D eigenvalue weighted by Crippen LogP contribution is 2.24. The number of aryl methyl sites for hydroxylation is 1. The van der Waals surface area contributed by atoms with Crippen LogP contribution in [-0.2, 0) is 6.61 Å². The first-order chi connectivity index (χ1) is 5.15. The Balaban J connectivity index is 3.21. The van der Waals surface area contributed by atoms with Crippen LogP contribution in [0.3, 0.4) is 0 Å². The molecule has 0 amide bonds. The number of hydrogen-bond acceptors (Lipinski definition) is 1. The summed E-state index contributed by atoms with van der Waals surface area (Å²) in [6, 6.07) is 3.66. The highest BCUT2D eigenvalue weighted by atomic mass is 79.9. The molecule has 1 N–H and O–H groups in total. The monoisotopic (exact) mass is 234 g/mol. The molecule has 11 heavy (non-hydrogen) atoms. The molecule has 0 spiro atoms. The van der Waals surface area contributed by atoms with Gasteiger partial charge in [-0.2, -0.15) is 0 Å². The van der Waals surface area contributed by atoms with Gasteiger partial charge < -0.3 is 5.11 Å². The summed E-state index contributed by atoms with van der Waals surface area (Å²) in [7, 11) is 0. The van der Waals surface area contributed by atoms with Gasteiger partial charge in [-0.3, -0.25) is 0 Å². The molecular formula is C8H8BrClO. The Kier molecular flexibility index (Phi) is 2.93. The van der Waals surface area contributed by atoms with Crippen molar-refractivity contribution in [1.82, 2.24) is 0 Å². The average Bonchev–Trinajstić information content (AvgIpc) is 1.97. The van der Waals surface area contributed by atoms with E-state index in [0.717, 1.165) is 15.6 Å². The lowest BCUT2D eigenvalue weighted by Gasteiger charge is -2.03. The molecule has 0 saturated heterocycles. The Bertz CT molecular complexity index is 273. The third-order valence-corrected chi connectivity index (χ3v) is 2.70. The Morgan fingerprint density at radius 2 is 2.18 bits per heavy atom. The highest BCUT2D eigenvalue weighted by molar-refractivity contribution is 9.10. The summed E-state index contributed by atoms with van der Waals surface area (Å²) in [5, 5.41) is 9.44. The number of aliphatic hydroxyl groups is 1. The fourth-order valence-electron chi connectivity index (χ4n) is 0.838. The normalized spacial score (nSPS) is 10.2. The minimum atomic E-state index is -0.00699. The summed E-state index contributed by atoms with van der Waals surface area (Å²) in [6.45, 7) is 1.95. The van der Waals surface area contributed by atoms with E-state index in [9.17, 15) is 0 Å². The Hall–Kier alpha value is -0.0500. The van der Waals surface area contributed by atoms with Gasteiger partial charge >= 0.3 is 0 Å². The summed E-state index contributed by atoms with van der Waals surface area (Å²) >= 11 is 9.15. The van der Waals surface area contributed by atoms with Crippen molar-refractivity contribution in [3.05, 3.63) is 32.8 Å². The van der Waals surface area contributed by atoms with Crippen molar-refractivity contribution in [3.8, 4) is 0 Å². The third-order valence-electron chi connectivity index (χ3n) is 1.50. The molecule has 0 atom stereocenters. The smallest absolute Gasteiger partial charge is 0.0696 e. The molecule has 1 nitrogen and oxygen atoms in total. The molecule has 60 valence electrons. The van der Waals surface area contributed by atoms with Crippen molar-refractivity contribution in [2.45, 2.75) is 13.5 Å². The van der Waals surface area contributed by atoms with Crippen molar-refractivity contribution in [3.63, 3.8) is 0 Å². The molecular weight excluding hydrogens is 227 g/mol. The van der Waals surface area contributed by atoms with Crippen LogP contribution in [-0.4, -0.2) is 5.11 Å². The van der Waals surface area contributed by atoms with Crippen LogP contribution in [0.1, 0.15) is 11.1 Å². The maximum Gasteiger partial charge on any atom is 0.0696 e. The second kappa shape index (κ2) is 3.57. The van der Waals surface area contributed by atoms with Gasteiger partial charge in [0, 0.05) is 9.50 Å². The zero-order valence-corrected chi connectivity index (χ0v) is 8.41. The number of rotatable bonds is 1. The summed E-state index contributed by atoms with van der Waals surface area (Å²) in [6.07, 6.45) is 0. The number of hydrogen-bond donors (Lipinski definition) is 1. The summed E-state index contributed by atoms with van der Waals surface area (Å²) < 4.78 is 0.972. The maximum atomic E-state index is 8.83. The zero-order chi connectivity index (χ0) is 8.43. The molecule has 0 aliphatic heterocycles. The molecule has 3 heteroatoms. The molecule has 0 aliphatic rings. The van der Waals surface area contributed by atoms with E-state index in [1.165, 1.54) is 0 Å². The molecule has 0 heterocycles. The predicted octanol–water partition coefficient (Wildman–Crippen LogP) is 2.90. The third kappa shape index (κ3) is 1.95. The van der Waals surface area contributed by atoms with E-state index in [1.54, 1.807) is 6.07 Å².